The second-order valence-electron chi connectivity index (χ2n) is 12.2. The molecule has 13 heteroatoms. The molecule has 13 nitrogen and oxygen atoms in total. The number of hydrogen-bond acceptors (Lipinski definition) is 13. The van der Waals surface area contributed by atoms with Crippen LogP contribution in [0.25, 0.3) is 0 Å². The first-order chi connectivity index (χ1) is 24.7. The van der Waals surface area contributed by atoms with E-state index >= 15 is 0 Å². The van der Waals surface area contributed by atoms with Gasteiger partial charge in [-0.2, -0.15) is 0 Å². The molecular weight excluding hydrogens is 664 g/mol. The van der Waals surface area contributed by atoms with Crippen molar-refractivity contribution in [2.75, 3.05) is 13.2 Å². The van der Waals surface area contributed by atoms with Crippen LogP contribution in [0, 0.1) is 0 Å². The van der Waals surface area contributed by atoms with E-state index in [1.807, 2.05) is 91.0 Å². The van der Waals surface area contributed by atoms with Gasteiger partial charge < -0.3 is 47.7 Å². The van der Waals surface area contributed by atoms with Crippen molar-refractivity contribution in [2.24, 2.45) is 0 Å². The maximum Gasteiger partial charge on any atom is 0.303 e. The summed E-state index contributed by atoms with van der Waals surface area (Å²) in [4.78, 5) is 36.1. The third kappa shape index (κ3) is 11.1. The molecule has 2 fully saturated rings. The third-order valence-corrected chi connectivity index (χ3v) is 8.17. The number of hydrogen-bond donors (Lipinski definition) is 1. The maximum atomic E-state index is 12.2. The van der Waals surface area contributed by atoms with E-state index in [2.05, 4.69) is 0 Å². The van der Waals surface area contributed by atoms with Gasteiger partial charge in [0, 0.05) is 20.8 Å². The van der Waals surface area contributed by atoms with Crippen molar-refractivity contribution in [3.05, 3.63) is 108 Å². The molecule has 2 heterocycles. The Morgan fingerprint density at radius 3 is 1.51 bits per heavy atom. The van der Waals surface area contributed by atoms with Crippen LogP contribution in [0.2, 0.25) is 0 Å². The Morgan fingerprint density at radius 1 is 0.529 bits per heavy atom. The predicted octanol–water partition coefficient (Wildman–Crippen LogP) is 3.63. The van der Waals surface area contributed by atoms with Crippen molar-refractivity contribution in [3.8, 4) is 0 Å². The van der Waals surface area contributed by atoms with Gasteiger partial charge in [0.15, 0.2) is 30.9 Å². The van der Waals surface area contributed by atoms with Gasteiger partial charge in [-0.25, -0.2) is 0 Å². The molecular formula is C38H44O13. The van der Waals surface area contributed by atoms with Gasteiger partial charge in [-0.1, -0.05) is 91.0 Å². The molecule has 1 N–H and O–H groups in total. The first kappa shape index (κ1) is 38.0. The van der Waals surface area contributed by atoms with E-state index in [-0.39, 0.29) is 26.4 Å². The molecule has 0 bridgehead atoms. The summed E-state index contributed by atoms with van der Waals surface area (Å²) in [5.74, 6) is -2.25. The minimum absolute atomic E-state index is 0.146. The summed E-state index contributed by atoms with van der Waals surface area (Å²) in [5.41, 5.74) is 2.84. The Kier molecular flexibility index (Phi) is 14.1. The fourth-order valence-corrected chi connectivity index (χ4v) is 5.93. The summed E-state index contributed by atoms with van der Waals surface area (Å²) in [6.45, 7) is 4.06. The molecule has 5 rings (SSSR count). The number of esters is 3. The highest BCUT2D eigenvalue weighted by Crippen LogP contribution is 2.33. The fraction of sp³-hybridized carbons (Fsp3) is 0.447. The summed E-state index contributed by atoms with van der Waals surface area (Å²) >= 11 is 0. The smallest absolute Gasteiger partial charge is 0.303 e. The van der Waals surface area contributed by atoms with E-state index in [4.69, 9.17) is 42.6 Å². The van der Waals surface area contributed by atoms with E-state index in [0.717, 1.165) is 37.5 Å². The highest BCUT2D eigenvalue weighted by Gasteiger charge is 2.53. The number of carbonyl (C=O) groups is 3. The van der Waals surface area contributed by atoms with Crippen LogP contribution in [-0.2, 0) is 76.8 Å². The number of ether oxygens (including phenoxy) is 9. The maximum absolute atomic E-state index is 12.2. The fourth-order valence-electron chi connectivity index (χ4n) is 5.93. The highest BCUT2D eigenvalue weighted by molar-refractivity contribution is 5.68. The molecule has 0 unspecified atom stereocenters. The third-order valence-electron chi connectivity index (χ3n) is 8.17. The second kappa shape index (κ2) is 18.9. The van der Waals surface area contributed by atoms with Crippen molar-refractivity contribution in [2.45, 2.75) is 95.9 Å². The Balaban J connectivity index is 1.38. The van der Waals surface area contributed by atoms with Gasteiger partial charge in [-0.3, -0.25) is 14.4 Å². The van der Waals surface area contributed by atoms with Crippen LogP contribution in [0.3, 0.4) is 0 Å². The standard InChI is InChI=1S/C38H44O13/c1-24(39)47-33-31(50-37(42)35(49-26(3)41)34(33)48-25(2)40)23-46-38-36(45-21-29-17-11-6-12-18-29)32(44-20-28-15-9-5-10-16-28)30(51-38)22-43-19-27-13-7-4-8-14-27/h4-18,30-38,42H,19-23H2,1-3H3/t30-,31-,32-,33-,34+,35-,36+,37+,38+/m1/s1. The zero-order valence-electron chi connectivity index (χ0n) is 28.7. The molecule has 3 aromatic rings. The summed E-state index contributed by atoms with van der Waals surface area (Å²) in [6, 6.07) is 29.0. The first-order valence-electron chi connectivity index (χ1n) is 16.7. The minimum Gasteiger partial charge on any atom is -0.456 e. The predicted molar refractivity (Wildman–Crippen MR) is 178 cm³/mol. The molecule has 0 aromatic heterocycles. The zero-order valence-corrected chi connectivity index (χ0v) is 28.7. The molecule has 0 spiro atoms. The van der Waals surface area contributed by atoms with E-state index in [1.54, 1.807) is 0 Å². The molecule has 274 valence electrons. The summed E-state index contributed by atoms with van der Waals surface area (Å²) in [5, 5.41) is 10.9. The number of benzene rings is 3. The van der Waals surface area contributed by atoms with Gasteiger partial charge >= 0.3 is 17.9 Å². The second-order valence-corrected chi connectivity index (χ2v) is 12.2. The summed E-state index contributed by atoms with van der Waals surface area (Å²) < 4.78 is 53.6. The summed E-state index contributed by atoms with van der Waals surface area (Å²) in [6.07, 6.45) is -10.2. The lowest BCUT2D eigenvalue weighted by Crippen LogP contribution is -2.62. The van der Waals surface area contributed by atoms with Crippen LogP contribution in [0.1, 0.15) is 37.5 Å². The van der Waals surface area contributed by atoms with Gasteiger partial charge in [-0.15, -0.1) is 0 Å². The monoisotopic (exact) mass is 708 g/mol. The van der Waals surface area contributed by atoms with Gasteiger partial charge in [0.25, 0.3) is 0 Å². The number of rotatable bonds is 16. The van der Waals surface area contributed by atoms with Crippen LogP contribution in [0.15, 0.2) is 91.0 Å². The SMILES string of the molecule is CC(=O)O[C@@H]1[C@@H](OC(C)=O)[C@@H](O)O[C@H](CO[C@H]2O[C@H](COCc3ccccc3)[C@@H](OCc3ccccc3)[C@@H]2OCc2ccccc2)[C@H]1OC(C)=O. The molecule has 2 saturated heterocycles. The van der Waals surface area contributed by atoms with Crippen molar-refractivity contribution in [1.82, 2.24) is 0 Å². The van der Waals surface area contributed by atoms with Crippen molar-refractivity contribution >= 4 is 17.9 Å². The van der Waals surface area contributed by atoms with Crippen molar-refractivity contribution in [1.29, 1.82) is 0 Å². The molecule has 3 aromatic carbocycles. The van der Waals surface area contributed by atoms with Gasteiger partial charge in [0.1, 0.15) is 24.4 Å². The van der Waals surface area contributed by atoms with Crippen LogP contribution < -0.4 is 0 Å². The van der Waals surface area contributed by atoms with Crippen LogP contribution >= 0.6 is 0 Å². The Labute approximate surface area is 296 Å². The van der Waals surface area contributed by atoms with E-state index in [1.165, 1.54) is 0 Å². The molecule has 2 aliphatic heterocycles. The van der Waals surface area contributed by atoms with Crippen LogP contribution in [0.4, 0.5) is 0 Å². The number of aliphatic hydroxyl groups excluding tert-OH is 1. The largest absolute Gasteiger partial charge is 0.456 e. The Bertz CT molecular complexity index is 1520. The molecule has 0 aliphatic carbocycles. The van der Waals surface area contributed by atoms with Gasteiger partial charge in [-0.05, 0) is 16.7 Å². The Morgan fingerprint density at radius 2 is 0.980 bits per heavy atom. The molecule has 0 amide bonds. The highest BCUT2D eigenvalue weighted by atomic mass is 16.7. The van der Waals surface area contributed by atoms with Crippen LogP contribution in [0.5, 0.6) is 0 Å². The van der Waals surface area contributed by atoms with Gasteiger partial charge in [0.2, 0.25) is 0 Å². The number of aliphatic hydroxyl groups is 1. The molecule has 9 atom stereocenters. The van der Waals surface area contributed by atoms with Crippen molar-refractivity contribution < 1.29 is 62.1 Å². The average molecular weight is 709 g/mol. The topological polar surface area (TPSA) is 155 Å². The van der Waals surface area contributed by atoms with E-state index in [0.29, 0.717) is 6.61 Å². The average Bonchev–Trinajstić information content (AvgIpc) is 3.44. The van der Waals surface area contributed by atoms with Crippen molar-refractivity contribution in [3.63, 3.8) is 0 Å². The molecule has 51 heavy (non-hydrogen) atoms. The number of carbonyl (C=O) groups excluding carboxylic acids is 3. The van der Waals surface area contributed by atoms with Crippen LogP contribution in [-0.4, -0.2) is 91.5 Å². The first-order valence-corrected chi connectivity index (χ1v) is 16.7. The zero-order chi connectivity index (χ0) is 36.2. The van der Waals surface area contributed by atoms with E-state index in [9.17, 15) is 19.5 Å². The lowest BCUT2D eigenvalue weighted by atomic mass is 9.98. The quantitative estimate of drug-likeness (QED) is 0.170. The Hall–Kier alpha value is -4.21. The minimum atomic E-state index is -1.74. The molecule has 0 saturated carbocycles. The normalized spacial score (nSPS) is 27.4. The molecule has 2 aliphatic rings. The lowest BCUT2D eigenvalue weighted by molar-refractivity contribution is -0.305. The summed E-state index contributed by atoms with van der Waals surface area (Å²) in [7, 11) is 0. The van der Waals surface area contributed by atoms with Gasteiger partial charge in [0.05, 0.1) is 33.0 Å². The van der Waals surface area contributed by atoms with E-state index < -0.39 is 73.2 Å². The molecule has 0 radical (unpaired) electrons. The lowest BCUT2D eigenvalue weighted by Gasteiger charge is -2.43.